The van der Waals surface area contributed by atoms with Crippen molar-refractivity contribution in [2.45, 2.75) is 31.0 Å². The molecule has 0 amide bonds. The first-order valence-corrected chi connectivity index (χ1v) is 8.30. The van der Waals surface area contributed by atoms with Crippen LogP contribution in [-0.2, 0) is 29.3 Å². The van der Waals surface area contributed by atoms with Crippen molar-refractivity contribution in [1.82, 2.24) is 0 Å². The Morgan fingerprint density at radius 2 is 1.36 bits per heavy atom. The molecule has 3 nitrogen and oxygen atoms in total. The van der Waals surface area contributed by atoms with Crippen LogP contribution in [0.4, 0.5) is 26.3 Å². The van der Waals surface area contributed by atoms with Gasteiger partial charge in [-0.15, -0.1) is 0 Å². The molecular weight excluding hydrogens is 388 g/mol. The van der Waals surface area contributed by atoms with E-state index < -0.39 is 35.7 Å². The third-order valence-electron chi connectivity index (χ3n) is 4.13. The van der Waals surface area contributed by atoms with Gasteiger partial charge in [0.05, 0.1) is 24.3 Å². The fourth-order valence-electron chi connectivity index (χ4n) is 2.73. The second kappa shape index (κ2) is 8.50. The molecular formula is C19H19F6NO2. The molecule has 0 saturated heterocycles. The summed E-state index contributed by atoms with van der Waals surface area (Å²) in [6.45, 7) is -0.769. The minimum Gasteiger partial charge on any atom is -0.383 e. The van der Waals surface area contributed by atoms with E-state index in [1.54, 1.807) is 30.3 Å². The van der Waals surface area contributed by atoms with E-state index in [4.69, 9.17) is 10.5 Å². The molecule has 9 heteroatoms. The maximum atomic E-state index is 12.9. The quantitative estimate of drug-likeness (QED) is 0.666. The van der Waals surface area contributed by atoms with Gasteiger partial charge in [0.1, 0.15) is 5.60 Å². The molecule has 0 heterocycles. The van der Waals surface area contributed by atoms with Crippen LogP contribution >= 0.6 is 0 Å². The SMILES string of the molecule is NCC[C@@](O)(COCc1cc(C(F)(F)F)cc(C(F)(F)F)c1)c1ccccc1. The van der Waals surface area contributed by atoms with Crippen molar-refractivity contribution in [1.29, 1.82) is 0 Å². The summed E-state index contributed by atoms with van der Waals surface area (Å²) in [6.07, 6.45) is -9.76. The van der Waals surface area contributed by atoms with Crippen LogP contribution in [0.1, 0.15) is 28.7 Å². The van der Waals surface area contributed by atoms with Crippen LogP contribution in [0.15, 0.2) is 48.5 Å². The molecule has 0 aliphatic heterocycles. The highest BCUT2D eigenvalue weighted by atomic mass is 19.4. The topological polar surface area (TPSA) is 55.5 Å². The number of ether oxygens (including phenoxy) is 1. The Morgan fingerprint density at radius 3 is 1.82 bits per heavy atom. The van der Waals surface area contributed by atoms with Crippen molar-refractivity contribution >= 4 is 0 Å². The number of halogens is 6. The summed E-state index contributed by atoms with van der Waals surface area (Å²) in [6, 6.07) is 9.60. The Morgan fingerprint density at radius 1 is 0.821 bits per heavy atom. The minimum absolute atomic E-state index is 0.0538. The van der Waals surface area contributed by atoms with E-state index in [0.717, 1.165) is 0 Å². The van der Waals surface area contributed by atoms with E-state index in [1.165, 1.54) is 0 Å². The van der Waals surface area contributed by atoms with E-state index in [-0.39, 0.29) is 31.2 Å². The van der Waals surface area contributed by atoms with Crippen LogP contribution in [0.5, 0.6) is 0 Å². The molecule has 0 radical (unpaired) electrons. The smallest absolute Gasteiger partial charge is 0.383 e. The predicted octanol–water partition coefficient (Wildman–Crippen LogP) is 4.48. The van der Waals surface area contributed by atoms with Crippen molar-refractivity contribution in [2.24, 2.45) is 5.73 Å². The van der Waals surface area contributed by atoms with Gasteiger partial charge in [-0.3, -0.25) is 0 Å². The van der Waals surface area contributed by atoms with E-state index in [2.05, 4.69) is 0 Å². The van der Waals surface area contributed by atoms with Gasteiger partial charge in [0.15, 0.2) is 0 Å². The van der Waals surface area contributed by atoms with Crippen LogP contribution in [0.3, 0.4) is 0 Å². The zero-order valence-corrected chi connectivity index (χ0v) is 14.6. The summed E-state index contributed by atoms with van der Waals surface area (Å²) in [5.41, 5.74) is 1.35. The number of rotatable bonds is 7. The Kier molecular flexibility index (Phi) is 6.74. The summed E-state index contributed by atoms with van der Waals surface area (Å²) in [5.74, 6) is 0. The molecule has 0 unspecified atom stereocenters. The molecule has 0 bridgehead atoms. The molecule has 154 valence electrons. The van der Waals surface area contributed by atoms with Crippen LogP contribution in [0.25, 0.3) is 0 Å². The zero-order chi connectivity index (χ0) is 21.0. The maximum absolute atomic E-state index is 12.9. The summed E-state index contributed by atoms with van der Waals surface area (Å²) < 4.78 is 82.7. The molecule has 0 aromatic heterocycles. The van der Waals surface area contributed by atoms with Crippen molar-refractivity contribution in [2.75, 3.05) is 13.2 Å². The van der Waals surface area contributed by atoms with E-state index in [0.29, 0.717) is 17.7 Å². The summed E-state index contributed by atoms with van der Waals surface area (Å²) in [5, 5.41) is 10.8. The van der Waals surface area contributed by atoms with Gasteiger partial charge in [-0.1, -0.05) is 30.3 Å². The Bertz CT molecular complexity index is 744. The first kappa shape index (κ1) is 22.2. The van der Waals surface area contributed by atoms with Gasteiger partial charge in [0, 0.05) is 0 Å². The molecule has 2 rings (SSSR count). The second-order valence-electron chi connectivity index (χ2n) is 6.34. The van der Waals surface area contributed by atoms with Gasteiger partial charge >= 0.3 is 12.4 Å². The lowest BCUT2D eigenvalue weighted by atomic mass is 9.91. The molecule has 0 aliphatic carbocycles. The molecule has 28 heavy (non-hydrogen) atoms. The number of alkyl halides is 6. The van der Waals surface area contributed by atoms with Crippen LogP contribution in [0, 0.1) is 0 Å². The minimum atomic E-state index is -4.93. The van der Waals surface area contributed by atoms with E-state index in [1.807, 2.05) is 0 Å². The molecule has 0 aliphatic rings. The third-order valence-corrected chi connectivity index (χ3v) is 4.13. The lowest BCUT2D eigenvalue weighted by molar-refractivity contribution is -0.143. The normalized spacial score (nSPS) is 14.7. The molecule has 2 aromatic rings. The highest BCUT2D eigenvalue weighted by Crippen LogP contribution is 2.36. The lowest BCUT2D eigenvalue weighted by Crippen LogP contribution is -2.34. The van der Waals surface area contributed by atoms with Crippen molar-refractivity contribution in [3.63, 3.8) is 0 Å². The van der Waals surface area contributed by atoms with E-state index >= 15 is 0 Å². The number of nitrogens with two attached hydrogens (primary N) is 1. The maximum Gasteiger partial charge on any atom is 0.416 e. The van der Waals surface area contributed by atoms with Crippen LogP contribution in [0.2, 0.25) is 0 Å². The standard InChI is InChI=1S/C19H19F6NO2/c20-18(21,22)15-8-13(9-16(10-15)19(23,24)25)11-28-12-17(27,6-7-26)14-4-2-1-3-5-14/h1-5,8-10,27H,6-7,11-12,26H2/t17-/m1/s1. The Balaban J connectivity index is 2.21. The number of aliphatic hydroxyl groups is 1. The molecule has 2 aromatic carbocycles. The van der Waals surface area contributed by atoms with Gasteiger partial charge in [0.2, 0.25) is 0 Å². The molecule has 0 fully saturated rings. The van der Waals surface area contributed by atoms with Crippen LogP contribution in [-0.4, -0.2) is 18.3 Å². The highest BCUT2D eigenvalue weighted by Gasteiger charge is 2.37. The van der Waals surface area contributed by atoms with Gasteiger partial charge in [-0.05, 0) is 42.3 Å². The molecule has 1 atom stereocenters. The third kappa shape index (κ3) is 5.70. The summed E-state index contributed by atoms with van der Waals surface area (Å²) in [7, 11) is 0. The average molecular weight is 407 g/mol. The van der Waals surface area contributed by atoms with Gasteiger partial charge in [0.25, 0.3) is 0 Å². The lowest BCUT2D eigenvalue weighted by Gasteiger charge is -2.28. The molecule has 0 saturated carbocycles. The first-order valence-electron chi connectivity index (χ1n) is 8.30. The van der Waals surface area contributed by atoms with Gasteiger partial charge < -0.3 is 15.6 Å². The Labute approximate surface area is 157 Å². The van der Waals surface area contributed by atoms with E-state index in [9.17, 15) is 31.4 Å². The second-order valence-corrected chi connectivity index (χ2v) is 6.34. The Hall–Kier alpha value is -2.10. The number of hydrogen-bond acceptors (Lipinski definition) is 3. The van der Waals surface area contributed by atoms with Gasteiger partial charge in [-0.2, -0.15) is 26.3 Å². The fraction of sp³-hybridized carbons (Fsp3) is 0.368. The van der Waals surface area contributed by atoms with Gasteiger partial charge in [-0.25, -0.2) is 0 Å². The van der Waals surface area contributed by atoms with Crippen molar-refractivity contribution in [3.8, 4) is 0 Å². The molecule has 3 N–H and O–H groups in total. The number of hydrogen-bond donors (Lipinski definition) is 2. The summed E-state index contributed by atoms with van der Waals surface area (Å²) in [4.78, 5) is 0. The monoisotopic (exact) mass is 407 g/mol. The first-order chi connectivity index (χ1) is 13.0. The van der Waals surface area contributed by atoms with Crippen LogP contribution < -0.4 is 5.73 Å². The average Bonchev–Trinajstić information content (AvgIpc) is 2.61. The van der Waals surface area contributed by atoms with Crippen molar-refractivity contribution < 1.29 is 36.2 Å². The predicted molar refractivity (Wildman–Crippen MR) is 90.1 cm³/mol. The molecule has 0 spiro atoms. The highest BCUT2D eigenvalue weighted by molar-refractivity contribution is 5.33. The largest absolute Gasteiger partial charge is 0.416 e. The fourth-order valence-corrected chi connectivity index (χ4v) is 2.73. The van der Waals surface area contributed by atoms with Crippen molar-refractivity contribution in [3.05, 3.63) is 70.8 Å². The zero-order valence-electron chi connectivity index (χ0n) is 14.6. The summed E-state index contributed by atoms with van der Waals surface area (Å²) >= 11 is 0. The number of benzene rings is 2.